The van der Waals surface area contributed by atoms with Gasteiger partial charge in [-0.05, 0) is 37.1 Å². The minimum Gasteiger partial charge on any atom is -0.398 e. The van der Waals surface area contributed by atoms with Gasteiger partial charge < -0.3 is 10.6 Å². The summed E-state index contributed by atoms with van der Waals surface area (Å²) in [5.74, 6) is 0.728. The third kappa shape index (κ3) is 4.35. The molecule has 5 heteroatoms. The first-order chi connectivity index (χ1) is 9.97. The molecule has 0 saturated carbocycles. The van der Waals surface area contributed by atoms with E-state index in [0.717, 1.165) is 38.6 Å². The van der Waals surface area contributed by atoms with Gasteiger partial charge in [0.05, 0.1) is 5.56 Å². The zero-order valence-electron chi connectivity index (χ0n) is 12.8. The zero-order valence-corrected chi connectivity index (χ0v) is 13.6. The fourth-order valence-electron chi connectivity index (χ4n) is 2.51. The Balaban J connectivity index is 1.91. The number of nitrogens with zero attached hydrogens (tertiary/aromatic N) is 2. The Hall–Kier alpha value is -1.26. The van der Waals surface area contributed by atoms with E-state index in [9.17, 15) is 4.79 Å². The predicted molar refractivity (Wildman–Crippen MR) is 87.7 cm³/mol. The molecule has 116 valence electrons. The van der Waals surface area contributed by atoms with Crippen molar-refractivity contribution in [1.29, 1.82) is 0 Å². The number of carbonyl (C=O) groups is 1. The fourth-order valence-corrected chi connectivity index (χ4v) is 2.69. The maximum Gasteiger partial charge on any atom is 0.256 e. The van der Waals surface area contributed by atoms with Crippen molar-refractivity contribution in [3.63, 3.8) is 0 Å². The molecule has 0 bridgehead atoms. The second-order valence-electron chi connectivity index (χ2n) is 6.05. The van der Waals surface area contributed by atoms with Crippen LogP contribution in [0.2, 0.25) is 5.02 Å². The van der Waals surface area contributed by atoms with Crippen LogP contribution < -0.4 is 5.73 Å². The van der Waals surface area contributed by atoms with Crippen molar-refractivity contribution < 1.29 is 4.79 Å². The highest BCUT2D eigenvalue weighted by Crippen LogP contribution is 2.20. The van der Waals surface area contributed by atoms with Gasteiger partial charge in [-0.25, -0.2) is 0 Å². The molecule has 1 aliphatic rings. The molecule has 2 rings (SSSR count). The molecule has 0 radical (unpaired) electrons. The number of rotatable bonds is 4. The van der Waals surface area contributed by atoms with E-state index in [1.165, 1.54) is 6.42 Å². The Morgan fingerprint density at radius 3 is 2.52 bits per heavy atom. The highest BCUT2D eigenvalue weighted by atomic mass is 35.5. The quantitative estimate of drug-likeness (QED) is 0.870. The lowest BCUT2D eigenvalue weighted by Gasteiger charge is -2.35. The largest absolute Gasteiger partial charge is 0.398 e. The molecule has 1 heterocycles. The van der Waals surface area contributed by atoms with E-state index >= 15 is 0 Å². The molecule has 1 fully saturated rings. The summed E-state index contributed by atoms with van der Waals surface area (Å²) in [6, 6.07) is 5.06. The second-order valence-corrected chi connectivity index (χ2v) is 6.48. The summed E-state index contributed by atoms with van der Waals surface area (Å²) >= 11 is 5.88. The average molecular weight is 310 g/mol. The summed E-state index contributed by atoms with van der Waals surface area (Å²) in [5, 5.41) is 0.558. The maximum absolute atomic E-state index is 12.5. The van der Waals surface area contributed by atoms with Crippen LogP contribution in [-0.2, 0) is 0 Å². The van der Waals surface area contributed by atoms with Gasteiger partial charge in [-0.3, -0.25) is 9.69 Å². The third-order valence-corrected chi connectivity index (χ3v) is 4.16. The van der Waals surface area contributed by atoms with Crippen LogP contribution in [0, 0.1) is 5.92 Å². The number of halogens is 1. The molecule has 1 amide bonds. The van der Waals surface area contributed by atoms with Gasteiger partial charge in [-0.2, -0.15) is 0 Å². The lowest BCUT2D eigenvalue weighted by molar-refractivity contribution is 0.0633. The monoisotopic (exact) mass is 309 g/mol. The van der Waals surface area contributed by atoms with Crippen LogP contribution in [-0.4, -0.2) is 48.4 Å². The zero-order chi connectivity index (χ0) is 15.4. The molecule has 1 aromatic carbocycles. The number of anilines is 1. The third-order valence-electron chi connectivity index (χ3n) is 3.93. The van der Waals surface area contributed by atoms with Crippen LogP contribution in [0.25, 0.3) is 0 Å². The van der Waals surface area contributed by atoms with Crippen molar-refractivity contribution in [2.24, 2.45) is 5.92 Å². The summed E-state index contributed by atoms with van der Waals surface area (Å²) in [6.07, 6.45) is 1.21. The van der Waals surface area contributed by atoms with Crippen LogP contribution in [0.4, 0.5) is 5.69 Å². The molecule has 4 nitrogen and oxygen atoms in total. The van der Waals surface area contributed by atoms with Gasteiger partial charge in [0.15, 0.2) is 0 Å². The van der Waals surface area contributed by atoms with Crippen molar-refractivity contribution in [2.75, 3.05) is 38.5 Å². The predicted octanol–water partition coefficient (Wildman–Crippen LogP) is 2.73. The normalized spacial score (nSPS) is 16.5. The van der Waals surface area contributed by atoms with Crippen molar-refractivity contribution in [2.45, 2.75) is 20.3 Å². The number of nitrogen functional groups attached to an aromatic ring is 1. The van der Waals surface area contributed by atoms with Crippen LogP contribution >= 0.6 is 11.6 Å². The minimum atomic E-state index is 0.00711. The number of benzene rings is 1. The van der Waals surface area contributed by atoms with Crippen LogP contribution in [0.15, 0.2) is 18.2 Å². The molecule has 1 aromatic rings. The van der Waals surface area contributed by atoms with E-state index < -0.39 is 0 Å². The molecular weight excluding hydrogens is 286 g/mol. The first kappa shape index (κ1) is 16.1. The Morgan fingerprint density at radius 2 is 1.95 bits per heavy atom. The summed E-state index contributed by atoms with van der Waals surface area (Å²) < 4.78 is 0. The first-order valence-corrected chi connectivity index (χ1v) is 7.92. The number of hydrogen-bond donors (Lipinski definition) is 1. The number of amides is 1. The summed E-state index contributed by atoms with van der Waals surface area (Å²) in [4.78, 5) is 16.8. The highest BCUT2D eigenvalue weighted by molar-refractivity contribution is 6.31. The first-order valence-electron chi connectivity index (χ1n) is 7.54. The van der Waals surface area contributed by atoms with Crippen molar-refractivity contribution in [3.05, 3.63) is 28.8 Å². The van der Waals surface area contributed by atoms with Crippen LogP contribution in [0.1, 0.15) is 30.6 Å². The van der Waals surface area contributed by atoms with Gasteiger partial charge >= 0.3 is 0 Å². The standard InChI is InChI=1S/C16H24ClN3O/c1-12(2)5-6-19-7-9-20(10-8-19)16(21)14-4-3-13(17)11-15(14)18/h3-4,11-12H,5-10,18H2,1-2H3. The molecule has 21 heavy (non-hydrogen) atoms. The Bertz CT molecular complexity index is 496. The lowest BCUT2D eigenvalue weighted by atomic mass is 10.1. The molecule has 1 aliphatic heterocycles. The number of carbonyl (C=O) groups excluding carboxylic acids is 1. The summed E-state index contributed by atoms with van der Waals surface area (Å²) in [7, 11) is 0. The number of hydrogen-bond acceptors (Lipinski definition) is 3. The Kier molecular flexibility index (Phi) is 5.48. The Labute approximate surface area is 131 Å². The van der Waals surface area contributed by atoms with Gasteiger partial charge in [0.1, 0.15) is 0 Å². The number of nitrogens with two attached hydrogens (primary N) is 1. The van der Waals surface area contributed by atoms with E-state index in [0.29, 0.717) is 16.3 Å². The summed E-state index contributed by atoms with van der Waals surface area (Å²) in [6.45, 7) is 8.99. The molecule has 0 atom stereocenters. The lowest BCUT2D eigenvalue weighted by Crippen LogP contribution is -2.49. The van der Waals surface area contributed by atoms with Crippen molar-refractivity contribution in [3.8, 4) is 0 Å². The topological polar surface area (TPSA) is 49.6 Å². The van der Waals surface area contributed by atoms with Gasteiger partial charge in [0.2, 0.25) is 0 Å². The van der Waals surface area contributed by atoms with Crippen LogP contribution in [0.3, 0.4) is 0 Å². The van der Waals surface area contributed by atoms with Gasteiger partial charge in [0, 0.05) is 36.9 Å². The number of piperazine rings is 1. The molecule has 0 unspecified atom stereocenters. The molecule has 1 saturated heterocycles. The molecule has 0 aliphatic carbocycles. The van der Waals surface area contributed by atoms with Crippen molar-refractivity contribution in [1.82, 2.24) is 9.80 Å². The average Bonchev–Trinajstić information content (AvgIpc) is 2.45. The minimum absolute atomic E-state index is 0.00711. The van der Waals surface area contributed by atoms with E-state index in [-0.39, 0.29) is 5.91 Å². The van der Waals surface area contributed by atoms with Gasteiger partial charge in [-0.15, -0.1) is 0 Å². The van der Waals surface area contributed by atoms with Crippen LogP contribution in [0.5, 0.6) is 0 Å². The second kappa shape index (κ2) is 7.14. The van der Waals surface area contributed by atoms with Crippen molar-refractivity contribution >= 4 is 23.2 Å². The maximum atomic E-state index is 12.5. The molecular formula is C16H24ClN3O. The Morgan fingerprint density at radius 1 is 1.29 bits per heavy atom. The SMILES string of the molecule is CC(C)CCN1CCN(C(=O)c2ccc(Cl)cc2N)CC1. The van der Waals surface area contributed by atoms with E-state index in [4.69, 9.17) is 17.3 Å². The van der Waals surface area contributed by atoms with Gasteiger partial charge in [-0.1, -0.05) is 25.4 Å². The summed E-state index contributed by atoms with van der Waals surface area (Å²) in [5.41, 5.74) is 6.90. The fraction of sp³-hybridized carbons (Fsp3) is 0.562. The molecule has 0 aromatic heterocycles. The smallest absolute Gasteiger partial charge is 0.256 e. The molecule has 0 spiro atoms. The molecule has 2 N–H and O–H groups in total. The highest BCUT2D eigenvalue weighted by Gasteiger charge is 2.23. The van der Waals surface area contributed by atoms with E-state index in [2.05, 4.69) is 18.7 Å². The van der Waals surface area contributed by atoms with E-state index in [1.54, 1.807) is 18.2 Å². The van der Waals surface area contributed by atoms with Gasteiger partial charge in [0.25, 0.3) is 5.91 Å². The van der Waals surface area contributed by atoms with E-state index in [1.807, 2.05) is 4.90 Å².